The standard InChI is InChI=1S/C14H20N2O2/c17-14(18)10-5-1-3-7-12(10)16-9-15-11-6-2-4-8-13(11)16/h9-10,12H,1-8H2,(H,17,18). The van der Waals surface area contributed by atoms with Crippen LogP contribution in [0.5, 0.6) is 0 Å². The molecule has 0 spiro atoms. The molecule has 0 radical (unpaired) electrons. The van der Waals surface area contributed by atoms with Crippen molar-refractivity contribution in [1.29, 1.82) is 0 Å². The van der Waals surface area contributed by atoms with Crippen molar-refractivity contribution < 1.29 is 9.90 Å². The normalized spacial score (nSPS) is 27.8. The molecule has 1 N–H and O–H groups in total. The summed E-state index contributed by atoms with van der Waals surface area (Å²) in [5.41, 5.74) is 2.51. The van der Waals surface area contributed by atoms with Crippen molar-refractivity contribution in [1.82, 2.24) is 9.55 Å². The minimum atomic E-state index is -0.641. The lowest BCUT2D eigenvalue weighted by Crippen LogP contribution is -2.30. The summed E-state index contributed by atoms with van der Waals surface area (Å²) in [5.74, 6) is -0.864. The van der Waals surface area contributed by atoms with Crippen molar-refractivity contribution in [2.75, 3.05) is 0 Å². The van der Waals surface area contributed by atoms with Gasteiger partial charge in [-0.05, 0) is 38.5 Å². The van der Waals surface area contributed by atoms with Crippen LogP contribution in [0.4, 0.5) is 0 Å². The van der Waals surface area contributed by atoms with Gasteiger partial charge in [-0.3, -0.25) is 4.79 Å². The second kappa shape index (κ2) is 4.75. The second-order valence-corrected chi connectivity index (χ2v) is 5.55. The molecule has 4 heteroatoms. The molecule has 1 aromatic heterocycles. The van der Waals surface area contributed by atoms with E-state index in [0.29, 0.717) is 0 Å². The van der Waals surface area contributed by atoms with Crippen LogP contribution in [-0.4, -0.2) is 20.6 Å². The summed E-state index contributed by atoms with van der Waals surface area (Å²) in [7, 11) is 0. The summed E-state index contributed by atoms with van der Waals surface area (Å²) in [4.78, 5) is 15.9. The van der Waals surface area contributed by atoms with Gasteiger partial charge in [0.25, 0.3) is 0 Å². The molecule has 1 heterocycles. The van der Waals surface area contributed by atoms with E-state index in [9.17, 15) is 9.90 Å². The van der Waals surface area contributed by atoms with Crippen LogP contribution >= 0.6 is 0 Å². The highest BCUT2D eigenvalue weighted by molar-refractivity contribution is 5.70. The van der Waals surface area contributed by atoms with E-state index in [1.165, 1.54) is 24.2 Å². The van der Waals surface area contributed by atoms with Gasteiger partial charge in [0, 0.05) is 11.7 Å². The minimum absolute atomic E-state index is 0.130. The fourth-order valence-corrected chi connectivity index (χ4v) is 3.51. The van der Waals surface area contributed by atoms with E-state index >= 15 is 0 Å². The summed E-state index contributed by atoms with van der Waals surface area (Å²) in [6, 6.07) is 0.130. The quantitative estimate of drug-likeness (QED) is 0.875. The molecule has 0 bridgehead atoms. The molecule has 2 aliphatic rings. The van der Waals surface area contributed by atoms with Crippen LogP contribution in [-0.2, 0) is 17.6 Å². The maximum Gasteiger partial charge on any atom is 0.308 e. The molecule has 3 rings (SSSR count). The molecule has 0 amide bonds. The number of aryl methyl sites for hydroxylation is 1. The van der Waals surface area contributed by atoms with Gasteiger partial charge in [-0.15, -0.1) is 0 Å². The monoisotopic (exact) mass is 248 g/mol. The maximum atomic E-state index is 11.4. The number of hydrogen-bond acceptors (Lipinski definition) is 2. The Morgan fingerprint density at radius 2 is 2.00 bits per heavy atom. The first-order chi connectivity index (χ1) is 8.77. The van der Waals surface area contributed by atoms with Crippen LogP contribution in [0.3, 0.4) is 0 Å². The Hall–Kier alpha value is -1.32. The van der Waals surface area contributed by atoms with Crippen molar-refractivity contribution in [2.45, 2.75) is 57.4 Å². The van der Waals surface area contributed by atoms with Gasteiger partial charge in [-0.2, -0.15) is 0 Å². The second-order valence-electron chi connectivity index (χ2n) is 5.55. The Morgan fingerprint density at radius 3 is 2.83 bits per heavy atom. The van der Waals surface area contributed by atoms with Gasteiger partial charge < -0.3 is 9.67 Å². The van der Waals surface area contributed by atoms with E-state index in [1.807, 2.05) is 6.33 Å². The summed E-state index contributed by atoms with van der Waals surface area (Å²) in [6.07, 6.45) is 10.4. The van der Waals surface area contributed by atoms with Gasteiger partial charge in [-0.25, -0.2) is 4.98 Å². The lowest BCUT2D eigenvalue weighted by atomic mass is 9.84. The van der Waals surface area contributed by atoms with E-state index in [2.05, 4.69) is 9.55 Å². The number of aromatic nitrogens is 2. The first kappa shape index (κ1) is 11.8. The number of imidazole rings is 1. The van der Waals surface area contributed by atoms with E-state index in [1.54, 1.807) is 0 Å². The molecule has 2 unspecified atom stereocenters. The number of carboxylic acid groups (broad SMARTS) is 1. The number of hydrogen-bond donors (Lipinski definition) is 1. The van der Waals surface area contributed by atoms with E-state index in [-0.39, 0.29) is 12.0 Å². The fourth-order valence-electron chi connectivity index (χ4n) is 3.51. The number of fused-ring (bicyclic) bond motifs is 1. The van der Waals surface area contributed by atoms with Crippen molar-refractivity contribution >= 4 is 5.97 Å². The molecule has 2 aliphatic carbocycles. The molecular formula is C14H20N2O2. The molecule has 1 saturated carbocycles. The van der Waals surface area contributed by atoms with E-state index < -0.39 is 5.97 Å². The Balaban J connectivity index is 1.92. The lowest BCUT2D eigenvalue weighted by Gasteiger charge is -2.31. The van der Waals surface area contributed by atoms with Gasteiger partial charge in [0.2, 0.25) is 0 Å². The third-order valence-electron chi connectivity index (χ3n) is 4.46. The number of aliphatic carboxylic acids is 1. The molecule has 18 heavy (non-hydrogen) atoms. The van der Waals surface area contributed by atoms with Gasteiger partial charge in [0.05, 0.1) is 17.9 Å². The van der Waals surface area contributed by atoms with Crippen LogP contribution in [0.25, 0.3) is 0 Å². The summed E-state index contributed by atoms with van der Waals surface area (Å²) >= 11 is 0. The molecule has 0 saturated heterocycles. The Morgan fingerprint density at radius 1 is 1.22 bits per heavy atom. The summed E-state index contributed by atoms with van der Waals surface area (Å²) in [5, 5.41) is 9.38. The van der Waals surface area contributed by atoms with Crippen molar-refractivity contribution in [3.05, 3.63) is 17.7 Å². The predicted molar refractivity (Wildman–Crippen MR) is 67.5 cm³/mol. The first-order valence-electron chi connectivity index (χ1n) is 7.05. The van der Waals surface area contributed by atoms with Crippen LogP contribution in [0.2, 0.25) is 0 Å². The summed E-state index contributed by atoms with van der Waals surface area (Å²) in [6.45, 7) is 0. The average Bonchev–Trinajstić information content (AvgIpc) is 2.82. The third-order valence-corrected chi connectivity index (χ3v) is 4.46. The van der Waals surface area contributed by atoms with Gasteiger partial charge in [0.1, 0.15) is 0 Å². The van der Waals surface area contributed by atoms with Gasteiger partial charge in [-0.1, -0.05) is 12.8 Å². The number of carboxylic acids is 1. The Kier molecular flexibility index (Phi) is 3.10. The number of rotatable bonds is 2. The predicted octanol–water partition coefficient (Wildman–Crippen LogP) is 2.58. The fraction of sp³-hybridized carbons (Fsp3) is 0.714. The van der Waals surface area contributed by atoms with Crippen molar-refractivity contribution in [2.24, 2.45) is 5.92 Å². The first-order valence-corrected chi connectivity index (χ1v) is 7.05. The van der Waals surface area contributed by atoms with Crippen LogP contribution in [0, 0.1) is 5.92 Å². The number of carbonyl (C=O) groups is 1. The van der Waals surface area contributed by atoms with Crippen LogP contribution in [0.15, 0.2) is 6.33 Å². The van der Waals surface area contributed by atoms with E-state index in [4.69, 9.17) is 0 Å². The molecule has 2 atom stereocenters. The zero-order valence-electron chi connectivity index (χ0n) is 10.6. The SMILES string of the molecule is O=C(O)C1CCCCC1n1cnc2c1CCCC2. The van der Waals surface area contributed by atoms with Gasteiger partial charge in [0.15, 0.2) is 0 Å². The van der Waals surface area contributed by atoms with E-state index in [0.717, 1.165) is 38.5 Å². The van der Waals surface area contributed by atoms with Crippen molar-refractivity contribution in [3.8, 4) is 0 Å². The van der Waals surface area contributed by atoms with Gasteiger partial charge >= 0.3 is 5.97 Å². The molecule has 1 fully saturated rings. The minimum Gasteiger partial charge on any atom is -0.481 e. The smallest absolute Gasteiger partial charge is 0.308 e. The summed E-state index contributed by atoms with van der Waals surface area (Å²) < 4.78 is 2.19. The van der Waals surface area contributed by atoms with Crippen LogP contribution < -0.4 is 0 Å². The highest BCUT2D eigenvalue weighted by Gasteiger charge is 2.33. The molecule has 0 aromatic carbocycles. The van der Waals surface area contributed by atoms with Crippen molar-refractivity contribution in [3.63, 3.8) is 0 Å². The van der Waals surface area contributed by atoms with Crippen LogP contribution in [0.1, 0.15) is 56.0 Å². The molecule has 1 aromatic rings. The lowest BCUT2D eigenvalue weighted by molar-refractivity contribution is -0.144. The average molecular weight is 248 g/mol. The molecule has 98 valence electrons. The third kappa shape index (κ3) is 1.93. The molecule has 0 aliphatic heterocycles. The zero-order valence-corrected chi connectivity index (χ0v) is 10.6. The molecular weight excluding hydrogens is 228 g/mol. The zero-order chi connectivity index (χ0) is 12.5. The highest BCUT2D eigenvalue weighted by atomic mass is 16.4. The topological polar surface area (TPSA) is 55.1 Å². The Bertz CT molecular complexity index is 453. The molecule has 4 nitrogen and oxygen atoms in total. The Labute approximate surface area is 107 Å². The largest absolute Gasteiger partial charge is 0.481 e. The maximum absolute atomic E-state index is 11.4. The number of nitrogens with zero attached hydrogens (tertiary/aromatic N) is 2. The highest BCUT2D eigenvalue weighted by Crippen LogP contribution is 2.36.